The molecule has 1 aromatic rings. The minimum atomic E-state index is 0.0531. The van der Waals surface area contributed by atoms with E-state index in [-0.39, 0.29) is 16.5 Å². The molecule has 2 nitrogen and oxygen atoms in total. The Morgan fingerprint density at radius 2 is 1.88 bits per heavy atom. The minimum Gasteiger partial charge on any atom is -0.570 e. The lowest BCUT2D eigenvalue weighted by atomic mass is 9.75. The lowest BCUT2D eigenvalue weighted by Gasteiger charge is -2.33. The molecule has 0 bridgehead atoms. The second kappa shape index (κ2) is 3.88. The first-order valence-electron chi connectivity index (χ1n) is 5.35. The number of hydrogen-bond donors (Lipinski definition) is 0. The smallest absolute Gasteiger partial charge is 0.253 e. The van der Waals surface area contributed by atoms with Gasteiger partial charge < -0.3 is 5.21 Å². The number of para-hydroxylation sites is 1. The van der Waals surface area contributed by atoms with Crippen LogP contribution >= 0.6 is 11.6 Å². The molecule has 0 saturated heterocycles. The van der Waals surface area contributed by atoms with Gasteiger partial charge >= 0.3 is 0 Å². The minimum absolute atomic E-state index is 0.0531. The number of fused-ring (bicyclic) bond motifs is 1. The lowest BCUT2D eigenvalue weighted by Crippen LogP contribution is -2.26. The fraction of sp³-hybridized carbons (Fsp3) is 0.385. The fourth-order valence-electron chi connectivity index (χ4n) is 2.06. The molecule has 0 aliphatic carbocycles. The van der Waals surface area contributed by atoms with Gasteiger partial charge in [0.15, 0.2) is 5.69 Å². The average Bonchev–Trinajstić information content (AvgIpc) is 2.22. The van der Waals surface area contributed by atoms with Crippen molar-refractivity contribution in [2.24, 2.45) is 5.41 Å². The molecule has 2 rings (SSSR count). The van der Waals surface area contributed by atoms with Crippen LogP contribution in [0.3, 0.4) is 0 Å². The Balaban J connectivity index is 2.57. The summed E-state index contributed by atoms with van der Waals surface area (Å²) in [6.07, 6.45) is 1.84. The van der Waals surface area contributed by atoms with Crippen LogP contribution in [0.4, 0.5) is 5.69 Å². The third-order valence-corrected chi connectivity index (χ3v) is 3.20. The zero-order chi connectivity index (χ0) is 11.9. The number of anilines is 1. The van der Waals surface area contributed by atoms with Gasteiger partial charge in [0.2, 0.25) is 0 Å². The van der Waals surface area contributed by atoms with Crippen molar-refractivity contribution < 1.29 is 0 Å². The summed E-state index contributed by atoms with van der Waals surface area (Å²) in [4.78, 5) is 0. The van der Waals surface area contributed by atoms with Crippen molar-refractivity contribution in [1.29, 1.82) is 0 Å². The lowest BCUT2D eigenvalue weighted by molar-refractivity contribution is 0.361. The summed E-state index contributed by atoms with van der Waals surface area (Å²) in [5, 5.41) is 12.9. The van der Waals surface area contributed by atoms with Crippen molar-refractivity contribution >= 4 is 17.3 Å². The molecular weight excluding hydrogens is 222 g/mol. The molecule has 1 aromatic carbocycles. The SMILES string of the molecule is CC(C)(C)C1C=C(Cl)[N+]([O-])c2ccccc21. The third kappa shape index (κ3) is 1.88. The van der Waals surface area contributed by atoms with E-state index in [0.29, 0.717) is 5.69 Å². The van der Waals surface area contributed by atoms with Crippen LogP contribution in [0.1, 0.15) is 32.3 Å². The zero-order valence-electron chi connectivity index (χ0n) is 9.70. The van der Waals surface area contributed by atoms with E-state index >= 15 is 0 Å². The number of allylic oxidation sites excluding steroid dienone is 1. The first-order chi connectivity index (χ1) is 7.41. The summed E-state index contributed by atoms with van der Waals surface area (Å²) in [7, 11) is 0. The molecule has 0 saturated carbocycles. The highest BCUT2D eigenvalue weighted by Gasteiger charge is 2.35. The van der Waals surface area contributed by atoms with E-state index in [9.17, 15) is 5.21 Å². The van der Waals surface area contributed by atoms with E-state index < -0.39 is 0 Å². The molecule has 1 unspecified atom stereocenters. The van der Waals surface area contributed by atoms with Crippen LogP contribution in [0, 0.1) is 10.6 Å². The molecule has 16 heavy (non-hydrogen) atoms. The monoisotopic (exact) mass is 236 g/mol. The van der Waals surface area contributed by atoms with Crippen LogP contribution in [-0.2, 0) is 0 Å². The van der Waals surface area contributed by atoms with E-state index in [1.165, 1.54) is 0 Å². The van der Waals surface area contributed by atoms with Gasteiger partial charge in [0, 0.05) is 23.6 Å². The Kier molecular flexibility index (Phi) is 2.82. The van der Waals surface area contributed by atoms with Gasteiger partial charge in [-0.25, -0.2) is 0 Å². The van der Waals surface area contributed by atoms with Crippen molar-refractivity contribution in [2.45, 2.75) is 26.7 Å². The Morgan fingerprint density at radius 1 is 1.25 bits per heavy atom. The molecule has 0 aromatic heterocycles. The van der Waals surface area contributed by atoms with E-state index in [4.69, 9.17) is 11.6 Å². The van der Waals surface area contributed by atoms with Gasteiger partial charge in [-0.1, -0.05) is 39.0 Å². The van der Waals surface area contributed by atoms with E-state index in [1.54, 1.807) is 0 Å². The highest BCUT2D eigenvalue weighted by molar-refractivity contribution is 6.30. The van der Waals surface area contributed by atoms with Crippen molar-refractivity contribution in [1.82, 2.24) is 5.06 Å². The van der Waals surface area contributed by atoms with Gasteiger partial charge in [0.1, 0.15) is 0 Å². The standard InChI is InChI=1S/C13H15ClNO/c1-13(2,3)10-8-12(14)15(16)11-7-5-4-6-9(10)11/h4-8,10H,1-3H3. The Labute approximate surface area is 101 Å². The zero-order valence-corrected chi connectivity index (χ0v) is 10.5. The van der Waals surface area contributed by atoms with Crippen LogP contribution in [-0.4, -0.2) is 0 Å². The summed E-state index contributed by atoms with van der Waals surface area (Å²) in [6.45, 7) is 6.45. The molecule has 1 aliphatic rings. The number of benzene rings is 1. The van der Waals surface area contributed by atoms with Gasteiger partial charge in [0.05, 0.1) is 0 Å². The van der Waals surface area contributed by atoms with Crippen molar-refractivity contribution in [2.75, 3.05) is 0 Å². The number of nitrogens with zero attached hydrogens (tertiary/aromatic N) is 1. The number of hydroxylamine groups is 1. The predicted molar refractivity (Wildman–Crippen MR) is 67.7 cm³/mol. The second-order valence-electron chi connectivity index (χ2n) is 5.19. The summed E-state index contributed by atoms with van der Waals surface area (Å²) >= 11 is 5.97. The molecule has 3 heteroatoms. The molecule has 0 amide bonds. The predicted octanol–water partition coefficient (Wildman–Crippen LogP) is 4.18. The van der Waals surface area contributed by atoms with Gasteiger partial charge in [0.25, 0.3) is 5.16 Å². The van der Waals surface area contributed by atoms with Crippen molar-refractivity contribution in [3.8, 4) is 0 Å². The number of halogens is 1. The fourth-order valence-corrected chi connectivity index (χ4v) is 2.28. The molecule has 1 heterocycles. The average molecular weight is 237 g/mol. The normalized spacial score (nSPS) is 21.6. The first-order valence-corrected chi connectivity index (χ1v) is 5.72. The molecule has 0 N–H and O–H groups in total. The largest absolute Gasteiger partial charge is 0.570 e. The highest BCUT2D eigenvalue weighted by atomic mass is 35.5. The van der Waals surface area contributed by atoms with Gasteiger partial charge in [-0.15, -0.1) is 5.06 Å². The summed E-state index contributed by atoms with van der Waals surface area (Å²) < 4.78 is 0. The van der Waals surface area contributed by atoms with Gasteiger partial charge in [-0.05, 0) is 17.0 Å². The van der Waals surface area contributed by atoms with Crippen LogP contribution < -0.4 is 5.06 Å². The third-order valence-electron chi connectivity index (χ3n) is 2.92. The Morgan fingerprint density at radius 3 is 2.50 bits per heavy atom. The van der Waals surface area contributed by atoms with Crippen molar-refractivity contribution in [3.05, 3.63) is 46.3 Å². The quantitative estimate of drug-likeness (QED) is 0.377. The van der Waals surface area contributed by atoms with Crippen LogP contribution in [0.15, 0.2) is 35.5 Å². The summed E-state index contributed by atoms with van der Waals surface area (Å²) in [6, 6.07) is 7.63. The number of hydrogen-bond acceptors (Lipinski definition) is 2. The first kappa shape index (κ1) is 11.6. The van der Waals surface area contributed by atoms with E-state index in [2.05, 4.69) is 20.8 Å². The van der Waals surface area contributed by atoms with Gasteiger partial charge in [-0.3, -0.25) is 0 Å². The van der Waals surface area contributed by atoms with Crippen LogP contribution in [0.25, 0.3) is 0 Å². The summed E-state index contributed by atoms with van der Waals surface area (Å²) in [5.41, 5.74) is 1.77. The van der Waals surface area contributed by atoms with Gasteiger partial charge in [-0.2, -0.15) is 0 Å². The van der Waals surface area contributed by atoms with Crippen LogP contribution in [0.2, 0.25) is 0 Å². The molecule has 0 fully saturated rings. The summed E-state index contributed by atoms with van der Waals surface area (Å²) in [5.74, 6) is 0.182. The maximum atomic E-state index is 11.8. The number of rotatable bonds is 0. The molecule has 85 valence electrons. The van der Waals surface area contributed by atoms with E-state index in [1.807, 2.05) is 30.3 Å². The Bertz CT molecular complexity index is 434. The second-order valence-corrected chi connectivity index (χ2v) is 5.57. The molecule has 1 aliphatic heterocycles. The maximum absolute atomic E-state index is 11.8. The van der Waals surface area contributed by atoms with Crippen molar-refractivity contribution in [3.63, 3.8) is 0 Å². The van der Waals surface area contributed by atoms with Crippen LogP contribution in [0.5, 0.6) is 0 Å². The molecular formula is C13H15ClNO. The molecule has 1 atom stereocenters. The molecule has 0 spiro atoms. The topological polar surface area (TPSA) is 29.0 Å². The highest BCUT2D eigenvalue weighted by Crippen LogP contribution is 2.45. The Hall–Kier alpha value is -0.830. The van der Waals surface area contributed by atoms with E-state index in [0.717, 1.165) is 10.6 Å². The molecule has 1 radical (unpaired) electrons. The maximum Gasteiger partial charge on any atom is 0.253 e.